The van der Waals surface area contributed by atoms with E-state index in [1.54, 1.807) is 6.07 Å². The summed E-state index contributed by atoms with van der Waals surface area (Å²) in [6.07, 6.45) is 0.836. The Morgan fingerprint density at radius 2 is 2.07 bits per heavy atom. The van der Waals surface area contributed by atoms with E-state index in [1.807, 2.05) is 0 Å². The molecule has 0 aromatic heterocycles. The van der Waals surface area contributed by atoms with Crippen molar-refractivity contribution in [3.05, 3.63) is 34.1 Å². The van der Waals surface area contributed by atoms with E-state index in [1.165, 1.54) is 12.1 Å². The average Bonchev–Trinajstić information content (AvgIpc) is 2.10. The molecule has 1 unspecified atom stereocenters. The molecule has 1 rings (SSSR count). The van der Waals surface area contributed by atoms with Crippen LogP contribution in [0.2, 0.25) is 0 Å². The molecular weight excluding hydrogens is 259 g/mol. The fourth-order valence-corrected chi connectivity index (χ4v) is 1.99. The zero-order chi connectivity index (χ0) is 11.4. The topological polar surface area (TPSA) is 20.2 Å². The van der Waals surface area contributed by atoms with Crippen LogP contribution in [0.15, 0.2) is 22.7 Å². The second kappa shape index (κ2) is 5.61. The molecule has 1 atom stereocenters. The minimum Gasteiger partial charge on any atom is -0.393 e. The van der Waals surface area contributed by atoms with Gasteiger partial charge >= 0.3 is 0 Å². The Labute approximate surface area is 98.4 Å². The highest BCUT2D eigenvalue weighted by molar-refractivity contribution is 9.10. The maximum absolute atomic E-state index is 13.0. The van der Waals surface area contributed by atoms with Gasteiger partial charge < -0.3 is 5.11 Å². The maximum atomic E-state index is 13.0. The predicted octanol–water partition coefficient (Wildman–Crippen LogP) is 3.54. The van der Waals surface area contributed by atoms with Gasteiger partial charge in [-0.05, 0) is 42.5 Å². The number of benzene rings is 1. The zero-order valence-electron chi connectivity index (χ0n) is 9.00. The first-order valence-electron chi connectivity index (χ1n) is 5.11. The molecule has 0 amide bonds. The van der Waals surface area contributed by atoms with Crippen LogP contribution in [-0.2, 0) is 6.42 Å². The van der Waals surface area contributed by atoms with E-state index in [0.717, 1.165) is 16.5 Å². The molecule has 0 spiro atoms. The molecule has 0 saturated carbocycles. The molecule has 0 aliphatic carbocycles. The Morgan fingerprint density at radius 1 is 1.40 bits per heavy atom. The van der Waals surface area contributed by atoms with Crippen molar-refractivity contribution in [1.82, 2.24) is 0 Å². The third kappa shape index (κ3) is 4.31. The second-order valence-corrected chi connectivity index (χ2v) is 5.08. The lowest BCUT2D eigenvalue weighted by Crippen LogP contribution is -2.13. The SMILES string of the molecule is CC(C)CC(O)Cc1cc(F)ccc1Br. The molecule has 84 valence electrons. The van der Waals surface area contributed by atoms with Gasteiger partial charge in [-0.25, -0.2) is 4.39 Å². The van der Waals surface area contributed by atoms with Gasteiger partial charge in [0.1, 0.15) is 5.82 Å². The van der Waals surface area contributed by atoms with Crippen molar-refractivity contribution < 1.29 is 9.50 Å². The Bertz CT molecular complexity index is 325. The van der Waals surface area contributed by atoms with E-state index in [0.29, 0.717) is 12.3 Å². The molecule has 3 heteroatoms. The number of halogens is 2. The van der Waals surface area contributed by atoms with Gasteiger partial charge in [-0.1, -0.05) is 29.8 Å². The highest BCUT2D eigenvalue weighted by Gasteiger charge is 2.10. The number of hydrogen-bond acceptors (Lipinski definition) is 1. The molecular formula is C12H16BrFO. The molecule has 15 heavy (non-hydrogen) atoms. The summed E-state index contributed by atoms with van der Waals surface area (Å²) in [6.45, 7) is 4.12. The highest BCUT2D eigenvalue weighted by atomic mass is 79.9. The fraction of sp³-hybridized carbons (Fsp3) is 0.500. The predicted molar refractivity (Wildman–Crippen MR) is 63.3 cm³/mol. The normalized spacial score (nSPS) is 13.2. The standard InChI is InChI=1S/C12H16BrFO/c1-8(2)5-11(15)7-9-6-10(14)3-4-12(9)13/h3-4,6,8,11,15H,5,7H2,1-2H3. The maximum Gasteiger partial charge on any atom is 0.123 e. The number of aliphatic hydroxyl groups excluding tert-OH is 1. The van der Waals surface area contributed by atoms with Crippen LogP contribution in [0.25, 0.3) is 0 Å². The van der Waals surface area contributed by atoms with Gasteiger partial charge in [0.05, 0.1) is 6.10 Å². The van der Waals surface area contributed by atoms with Gasteiger partial charge in [0.15, 0.2) is 0 Å². The minimum absolute atomic E-state index is 0.259. The summed E-state index contributed by atoms with van der Waals surface area (Å²) in [5.41, 5.74) is 0.822. The van der Waals surface area contributed by atoms with Gasteiger partial charge in [-0.15, -0.1) is 0 Å². The molecule has 0 fully saturated rings. The van der Waals surface area contributed by atoms with Crippen LogP contribution >= 0.6 is 15.9 Å². The molecule has 1 N–H and O–H groups in total. The van der Waals surface area contributed by atoms with Crippen LogP contribution in [-0.4, -0.2) is 11.2 Å². The van der Waals surface area contributed by atoms with E-state index >= 15 is 0 Å². The van der Waals surface area contributed by atoms with E-state index < -0.39 is 6.10 Å². The van der Waals surface area contributed by atoms with E-state index in [9.17, 15) is 9.50 Å². The van der Waals surface area contributed by atoms with Gasteiger partial charge in [-0.3, -0.25) is 0 Å². The van der Waals surface area contributed by atoms with Crippen LogP contribution in [0.3, 0.4) is 0 Å². The Balaban J connectivity index is 2.67. The van der Waals surface area contributed by atoms with E-state index in [2.05, 4.69) is 29.8 Å². The van der Waals surface area contributed by atoms with Gasteiger partial charge in [0.2, 0.25) is 0 Å². The summed E-state index contributed by atoms with van der Waals surface area (Å²) in [5, 5.41) is 9.75. The van der Waals surface area contributed by atoms with Crippen molar-refractivity contribution in [3.63, 3.8) is 0 Å². The van der Waals surface area contributed by atoms with E-state index in [-0.39, 0.29) is 5.82 Å². The summed E-state index contributed by atoms with van der Waals surface area (Å²) in [7, 11) is 0. The van der Waals surface area contributed by atoms with Crippen LogP contribution in [0, 0.1) is 11.7 Å². The molecule has 0 radical (unpaired) electrons. The zero-order valence-corrected chi connectivity index (χ0v) is 10.6. The van der Waals surface area contributed by atoms with Gasteiger partial charge in [0.25, 0.3) is 0 Å². The number of rotatable bonds is 4. The largest absolute Gasteiger partial charge is 0.393 e. The van der Waals surface area contributed by atoms with Gasteiger partial charge in [0, 0.05) is 4.47 Å². The smallest absolute Gasteiger partial charge is 0.123 e. The lowest BCUT2D eigenvalue weighted by molar-refractivity contribution is 0.149. The summed E-state index contributed by atoms with van der Waals surface area (Å²) in [5.74, 6) is 0.192. The Hall–Kier alpha value is -0.410. The summed E-state index contributed by atoms with van der Waals surface area (Å²) in [6, 6.07) is 4.54. The van der Waals surface area contributed by atoms with Crippen LogP contribution in [0.5, 0.6) is 0 Å². The van der Waals surface area contributed by atoms with Crippen LogP contribution < -0.4 is 0 Å². The summed E-state index contributed by atoms with van der Waals surface area (Å²) < 4.78 is 13.8. The third-order valence-corrected chi connectivity index (χ3v) is 2.98. The lowest BCUT2D eigenvalue weighted by atomic mass is 10.00. The Morgan fingerprint density at radius 3 is 2.67 bits per heavy atom. The van der Waals surface area contributed by atoms with Crippen molar-refractivity contribution in [3.8, 4) is 0 Å². The first-order valence-corrected chi connectivity index (χ1v) is 5.90. The second-order valence-electron chi connectivity index (χ2n) is 4.22. The van der Waals surface area contributed by atoms with Crippen molar-refractivity contribution in [2.45, 2.75) is 32.8 Å². The quantitative estimate of drug-likeness (QED) is 0.891. The summed E-state index contributed by atoms with van der Waals surface area (Å²) in [4.78, 5) is 0. The molecule has 0 heterocycles. The van der Waals surface area contributed by atoms with Crippen molar-refractivity contribution in [2.24, 2.45) is 5.92 Å². The number of aliphatic hydroxyl groups is 1. The van der Waals surface area contributed by atoms with Crippen LogP contribution in [0.4, 0.5) is 4.39 Å². The molecule has 1 nitrogen and oxygen atoms in total. The first kappa shape index (κ1) is 12.7. The molecule has 0 aliphatic heterocycles. The minimum atomic E-state index is -0.400. The molecule has 0 bridgehead atoms. The van der Waals surface area contributed by atoms with Crippen molar-refractivity contribution >= 4 is 15.9 Å². The number of hydrogen-bond donors (Lipinski definition) is 1. The highest BCUT2D eigenvalue weighted by Crippen LogP contribution is 2.21. The molecule has 1 aromatic carbocycles. The van der Waals surface area contributed by atoms with Crippen molar-refractivity contribution in [2.75, 3.05) is 0 Å². The Kier molecular flexibility index (Phi) is 4.74. The van der Waals surface area contributed by atoms with Gasteiger partial charge in [-0.2, -0.15) is 0 Å². The lowest BCUT2D eigenvalue weighted by Gasteiger charge is -2.13. The van der Waals surface area contributed by atoms with E-state index in [4.69, 9.17) is 0 Å². The van der Waals surface area contributed by atoms with Crippen molar-refractivity contribution in [1.29, 1.82) is 0 Å². The molecule has 1 aromatic rings. The first-order chi connectivity index (χ1) is 6.99. The van der Waals surface area contributed by atoms with Crippen LogP contribution in [0.1, 0.15) is 25.8 Å². The fourth-order valence-electron chi connectivity index (χ4n) is 1.58. The summed E-state index contributed by atoms with van der Waals surface area (Å²) >= 11 is 3.35. The molecule has 0 saturated heterocycles. The molecule has 0 aliphatic rings. The average molecular weight is 275 g/mol. The third-order valence-electron chi connectivity index (χ3n) is 2.21. The monoisotopic (exact) mass is 274 g/mol.